The first-order valence-corrected chi connectivity index (χ1v) is 7.50. The Labute approximate surface area is 128 Å². The van der Waals surface area contributed by atoms with Crippen LogP contribution in [0.3, 0.4) is 0 Å². The number of anilines is 1. The van der Waals surface area contributed by atoms with Crippen molar-refractivity contribution in [2.24, 2.45) is 10.9 Å². The van der Waals surface area contributed by atoms with E-state index in [-0.39, 0.29) is 22.6 Å². The van der Waals surface area contributed by atoms with Crippen LogP contribution in [0.25, 0.3) is 0 Å². The molecule has 2 heterocycles. The first kappa shape index (κ1) is 12.8. The molecule has 0 radical (unpaired) electrons. The van der Waals surface area contributed by atoms with Crippen LogP contribution in [0.1, 0.15) is 19.4 Å². The number of benzene rings is 1. The molecule has 106 valence electrons. The van der Waals surface area contributed by atoms with Crippen LogP contribution >= 0.6 is 11.6 Å². The number of aliphatic imine (C=N–C) groups is 1. The lowest BCUT2D eigenvalue weighted by atomic mass is 9.85. The molecule has 0 saturated carbocycles. The predicted molar refractivity (Wildman–Crippen MR) is 84.7 cm³/mol. The van der Waals surface area contributed by atoms with Crippen molar-refractivity contribution >= 4 is 29.0 Å². The summed E-state index contributed by atoms with van der Waals surface area (Å²) in [7, 11) is 0. The van der Waals surface area contributed by atoms with Gasteiger partial charge in [0.25, 0.3) is 5.91 Å². The number of amides is 1. The van der Waals surface area contributed by atoms with Gasteiger partial charge in [-0.05, 0) is 31.6 Å². The fraction of sp³-hybridized carbons (Fsp3) is 0.294. The van der Waals surface area contributed by atoms with Crippen LogP contribution in [-0.2, 0) is 10.2 Å². The molecule has 0 saturated heterocycles. The SMILES string of the molecule is CC1(C)C2=NC(=O)C3C(=CC=CC3Cl)N2c2ccccc21. The summed E-state index contributed by atoms with van der Waals surface area (Å²) in [6, 6.07) is 8.22. The third-order valence-electron chi connectivity index (χ3n) is 4.53. The van der Waals surface area contributed by atoms with Crippen molar-refractivity contribution in [2.75, 3.05) is 4.90 Å². The van der Waals surface area contributed by atoms with Gasteiger partial charge in [0.2, 0.25) is 0 Å². The average molecular weight is 299 g/mol. The number of carbonyl (C=O) groups is 1. The molecule has 2 aliphatic heterocycles. The summed E-state index contributed by atoms with van der Waals surface area (Å²) in [5.74, 6) is 0.274. The quantitative estimate of drug-likeness (QED) is 0.688. The highest BCUT2D eigenvalue weighted by atomic mass is 35.5. The van der Waals surface area contributed by atoms with E-state index in [1.807, 2.05) is 30.4 Å². The number of fused-ring (bicyclic) bond motifs is 5. The van der Waals surface area contributed by atoms with Crippen molar-refractivity contribution in [3.63, 3.8) is 0 Å². The van der Waals surface area contributed by atoms with Gasteiger partial charge in [0.1, 0.15) is 11.8 Å². The van der Waals surface area contributed by atoms with Gasteiger partial charge in [-0.3, -0.25) is 4.79 Å². The molecule has 21 heavy (non-hydrogen) atoms. The Morgan fingerprint density at radius 3 is 2.86 bits per heavy atom. The summed E-state index contributed by atoms with van der Waals surface area (Å²) in [5, 5.41) is -0.335. The van der Waals surface area contributed by atoms with Crippen molar-refractivity contribution < 1.29 is 4.79 Å². The van der Waals surface area contributed by atoms with E-state index >= 15 is 0 Å². The maximum Gasteiger partial charge on any atom is 0.258 e. The molecule has 2 unspecified atom stereocenters. The minimum atomic E-state index is -0.387. The van der Waals surface area contributed by atoms with Crippen LogP contribution in [0.15, 0.2) is 53.2 Å². The molecule has 2 atom stereocenters. The van der Waals surface area contributed by atoms with Crippen molar-refractivity contribution in [1.29, 1.82) is 0 Å². The summed E-state index contributed by atoms with van der Waals surface area (Å²) in [6.07, 6.45) is 5.75. The number of halogens is 1. The Hall–Kier alpha value is -1.87. The number of hydrogen-bond donors (Lipinski definition) is 0. The van der Waals surface area contributed by atoms with Crippen LogP contribution < -0.4 is 4.90 Å². The molecular formula is C17H15ClN2O. The van der Waals surface area contributed by atoms with Crippen molar-refractivity contribution in [2.45, 2.75) is 24.6 Å². The number of carbonyl (C=O) groups excluding carboxylic acids is 1. The maximum atomic E-state index is 12.4. The summed E-state index contributed by atoms with van der Waals surface area (Å²) in [6.45, 7) is 4.21. The van der Waals surface area contributed by atoms with E-state index in [1.54, 1.807) is 0 Å². The van der Waals surface area contributed by atoms with E-state index in [2.05, 4.69) is 35.9 Å². The molecule has 4 rings (SSSR count). The van der Waals surface area contributed by atoms with Crippen molar-refractivity contribution in [3.8, 4) is 0 Å². The smallest absolute Gasteiger partial charge is 0.258 e. The summed E-state index contributed by atoms with van der Waals surface area (Å²) in [4.78, 5) is 18.9. The van der Waals surface area contributed by atoms with Gasteiger partial charge in [-0.2, -0.15) is 4.99 Å². The zero-order valence-corrected chi connectivity index (χ0v) is 12.6. The van der Waals surface area contributed by atoms with E-state index in [4.69, 9.17) is 11.6 Å². The second-order valence-electron chi connectivity index (χ2n) is 6.15. The van der Waals surface area contributed by atoms with E-state index in [0.29, 0.717) is 0 Å². The Balaban J connectivity index is 2.00. The Bertz CT molecular complexity index is 745. The van der Waals surface area contributed by atoms with Gasteiger partial charge in [0.05, 0.1) is 16.5 Å². The average Bonchev–Trinajstić information content (AvgIpc) is 2.68. The van der Waals surface area contributed by atoms with E-state index in [1.165, 1.54) is 5.56 Å². The molecule has 0 aromatic heterocycles. The van der Waals surface area contributed by atoms with E-state index < -0.39 is 0 Å². The van der Waals surface area contributed by atoms with Crippen molar-refractivity contribution in [1.82, 2.24) is 0 Å². The van der Waals surface area contributed by atoms with Crippen LogP contribution in [0, 0.1) is 5.92 Å². The van der Waals surface area contributed by atoms with E-state index in [9.17, 15) is 4.79 Å². The fourth-order valence-corrected chi connectivity index (χ4v) is 3.77. The normalized spacial score (nSPS) is 28.5. The van der Waals surface area contributed by atoms with Crippen LogP contribution in [0.4, 0.5) is 5.69 Å². The number of hydrogen-bond acceptors (Lipinski definition) is 2. The Kier molecular flexibility index (Phi) is 2.49. The fourth-order valence-electron chi connectivity index (χ4n) is 3.45. The lowest BCUT2D eigenvalue weighted by Gasteiger charge is -2.36. The minimum Gasteiger partial charge on any atom is -0.300 e. The molecule has 0 spiro atoms. The first-order valence-electron chi connectivity index (χ1n) is 7.07. The highest BCUT2D eigenvalue weighted by Crippen LogP contribution is 2.48. The topological polar surface area (TPSA) is 32.7 Å². The number of alkyl halides is 1. The Morgan fingerprint density at radius 1 is 1.29 bits per heavy atom. The standard InChI is InChI=1S/C17H15ClN2O/c1-17(2)10-6-3-4-8-12(10)20-13-9-5-7-11(18)14(13)15(21)19-16(17)20/h3-9,11,14H,1-2H3. The minimum absolute atomic E-state index is 0.141. The maximum absolute atomic E-state index is 12.4. The molecule has 3 aliphatic rings. The van der Waals surface area contributed by atoms with Crippen LogP contribution in [0.5, 0.6) is 0 Å². The van der Waals surface area contributed by atoms with Crippen LogP contribution in [-0.4, -0.2) is 17.1 Å². The molecule has 1 aliphatic carbocycles. The first-order chi connectivity index (χ1) is 10.0. The zero-order valence-electron chi connectivity index (χ0n) is 11.9. The molecule has 0 bridgehead atoms. The summed E-state index contributed by atoms with van der Waals surface area (Å²) in [5.41, 5.74) is 2.95. The van der Waals surface area contributed by atoms with Gasteiger partial charge >= 0.3 is 0 Å². The second-order valence-corrected chi connectivity index (χ2v) is 6.65. The third kappa shape index (κ3) is 1.55. The van der Waals surface area contributed by atoms with Gasteiger partial charge in [-0.15, -0.1) is 11.6 Å². The van der Waals surface area contributed by atoms with Gasteiger partial charge < -0.3 is 4.90 Å². The van der Waals surface area contributed by atoms with Gasteiger partial charge in [0, 0.05) is 5.70 Å². The molecule has 0 fully saturated rings. The van der Waals surface area contributed by atoms with Crippen molar-refractivity contribution in [3.05, 3.63) is 53.8 Å². The van der Waals surface area contributed by atoms with E-state index in [0.717, 1.165) is 17.2 Å². The largest absolute Gasteiger partial charge is 0.300 e. The highest BCUT2D eigenvalue weighted by Gasteiger charge is 2.49. The zero-order chi connectivity index (χ0) is 14.8. The Morgan fingerprint density at radius 2 is 2.05 bits per heavy atom. The van der Waals surface area contributed by atoms with Gasteiger partial charge in [0.15, 0.2) is 0 Å². The molecular weight excluding hydrogens is 284 g/mol. The summed E-state index contributed by atoms with van der Waals surface area (Å²) >= 11 is 6.33. The number of nitrogens with zero attached hydrogens (tertiary/aromatic N) is 2. The predicted octanol–water partition coefficient (Wildman–Crippen LogP) is 3.40. The highest BCUT2D eigenvalue weighted by molar-refractivity contribution is 6.26. The number of rotatable bonds is 0. The van der Waals surface area contributed by atoms with Crippen LogP contribution in [0.2, 0.25) is 0 Å². The summed E-state index contributed by atoms with van der Waals surface area (Å²) < 4.78 is 0. The molecule has 1 aromatic carbocycles. The third-order valence-corrected chi connectivity index (χ3v) is 4.93. The van der Waals surface area contributed by atoms with Gasteiger partial charge in [-0.25, -0.2) is 0 Å². The number of para-hydroxylation sites is 1. The molecule has 3 nitrogen and oxygen atoms in total. The molecule has 0 N–H and O–H groups in total. The second kappa shape index (κ2) is 4.08. The monoisotopic (exact) mass is 298 g/mol. The molecule has 4 heteroatoms. The number of amidine groups is 1. The lowest BCUT2D eigenvalue weighted by molar-refractivity contribution is -0.120. The lowest BCUT2D eigenvalue weighted by Crippen LogP contribution is -2.46. The van der Waals surface area contributed by atoms with Gasteiger partial charge in [-0.1, -0.05) is 30.4 Å². The molecule has 1 amide bonds. The number of allylic oxidation sites excluding steroid dienone is 3. The molecule has 1 aromatic rings.